The summed E-state index contributed by atoms with van der Waals surface area (Å²) in [4.78, 5) is 0. The van der Waals surface area contributed by atoms with Crippen molar-refractivity contribution in [3.8, 4) is 11.5 Å². The van der Waals surface area contributed by atoms with Crippen molar-refractivity contribution in [1.82, 2.24) is 5.32 Å². The van der Waals surface area contributed by atoms with Crippen LogP contribution in [0.1, 0.15) is 5.56 Å². The van der Waals surface area contributed by atoms with Crippen LogP contribution in [0.2, 0.25) is 0 Å². The Morgan fingerprint density at radius 2 is 2.07 bits per heavy atom. The minimum absolute atomic E-state index is 0. The Kier molecular flexibility index (Phi) is 4.51. The van der Waals surface area contributed by atoms with Crippen molar-refractivity contribution < 1.29 is 9.47 Å². The van der Waals surface area contributed by atoms with Gasteiger partial charge in [-0.3, -0.25) is 0 Å². The molecule has 1 aliphatic heterocycles. The number of hydrogen-bond acceptors (Lipinski definition) is 3. The second kappa shape index (κ2) is 5.43. The number of benzene rings is 1. The van der Waals surface area contributed by atoms with Crippen molar-refractivity contribution in [3.63, 3.8) is 0 Å². The molecule has 0 aromatic heterocycles. The molecule has 1 aliphatic rings. The number of nitrogens with one attached hydrogen (secondary N) is 1. The first kappa shape index (κ1) is 11.6. The van der Waals surface area contributed by atoms with E-state index >= 15 is 0 Å². The van der Waals surface area contributed by atoms with Crippen LogP contribution in [0.25, 0.3) is 0 Å². The first-order valence-electron chi connectivity index (χ1n) is 4.43. The third-order valence-corrected chi connectivity index (χ3v) is 2.10. The van der Waals surface area contributed by atoms with Gasteiger partial charge in [0.15, 0.2) is 11.5 Å². The zero-order chi connectivity index (χ0) is 9.10. The number of likely N-dealkylation sites (N-methyl/N-ethyl adjacent to an activating group) is 1. The molecule has 0 bridgehead atoms. The van der Waals surface area contributed by atoms with Gasteiger partial charge in [-0.15, -0.1) is 0 Å². The summed E-state index contributed by atoms with van der Waals surface area (Å²) in [6, 6.07) is 6.08. The quantitative estimate of drug-likeness (QED) is 0.737. The Bertz CT molecular complexity index is 304. The van der Waals surface area contributed by atoms with E-state index in [0.29, 0.717) is 6.79 Å². The molecule has 0 atom stereocenters. The van der Waals surface area contributed by atoms with Crippen LogP contribution in [-0.4, -0.2) is 43.4 Å². The van der Waals surface area contributed by atoms with Crippen LogP contribution in [0.4, 0.5) is 0 Å². The second-order valence-electron chi connectivity index (χ2n) is 3.04. The first-order chi connectivity index (χ1) is 6.40. The standard InChI is InChI=1S/C10H13NO2.Mg/c1-11-5-4-8-2-3-9-10(6-8)13-7-12-9;/h2-3,6,11H,4-5,7H2,1H3;/q;+2. The van der Waals surface area contributed by atoms with E-state index in [2.05, 4.69) is 11.4 Å². The average molecular weight is 204 g/mol. The molecule has 0 radical (unpaired) electrons. The molecule has 0 saturated carbocycles. The molecule has 70 valence electrons. The van der Waals surface area contributed by atoms with Gasteiger partial charge in [0, 0.05) is 0 Å². The molecule has 0 spiro atoms. The third-order valence-electron chi connectivity index (χ3n) is 2.10. The molecule has 1 heterocycles. The minimum atomic E-state index is 0. The summed E-state index contributed by atoms with van der Waals surface area (Å²) in [6.45, 7) is 1.34. The third kappa shape index (κ3) is 2.53. The molecule has 0 saturated heterocycles. The SMILES string of the molecule is CNCCc1ccc2c(c1)OCO2.[Mg+2]. The molecule has 0 amide bonds. The van der Waals surface area contributed by atoms with E-state index in [1.54, 1.807) is 0 Å². The van der Waals surface area contributed by atoms with Gasteiger partial charge in [0.2, 0.25) is 6.79 Å². The van der Waals surface area contributed by atoms with Gasteiger partial charge in [0.25, 0.3) is 0 Å². The molecule has 3 nitrogen and oxygen atoms in total. The largest absolute Gasteiger partial charge is 2.00 e. The predicted molar refractivity (Wildman–Crippen MR) is 55.9 cm³/mol. The molecule has 2 rings (SSSR count). The molecule has 1 aromatic carbocycles. The smallest absolute Gasteiger partial charge is 0.454 e. The van der Waals surface area contributed by atoms with Gasteiger partial charge in [-0.1, -0.05) is 6.07 Å². The molecule has 14 heavy (non-hydrogen) atoms. The number of hydrogen-bond donors (Lipinski definition) is 1. The summed E-state index contributed by atoms with van der Waals surface area (Å²) < 4.78 is 10.5. The Labute approximate surface area is 99.9 Å². The fraction of sp³-hybridized carbons (Fsp3) is 0.400. The van der Waals surface area contributed by atoms with Crippen molar-refractivity contribution in [1.29, 1.82) is 0 Å². The molecule has 4 heteroatoms. The van der Waals surface area contributed by atoms with Gasteiger partial charge >= 0.3 is 23.1 Å². The van der Waals surface area contributed by atoms with Crippen molar-refractivity contribution in [2.45, 2.75) is 6.42 Å². The van der Waals surface area contributed by atoms with Crippen LogP contribution in [0.15, 0.2) is 18.2 Å². The van der Waals surface area contributed by atoms with Crippen LogP contribution in [-0.2, 0) is 6.42 Å². The normalized spacial score (nSPS) is 12.4. The summed E-state index contributed by atoms with van der Waals surface area (Å²) >= 11 is 0. The van der Waals surface area contributed by atoms with Gasteiger partial charge in [0.1, 0.15) is 0 Å². The monoisotopic (exact) mass is 203 g/mol. The number of ether oxygens (including phenoxy) is 2. The zero-order valence-electron chi connectivity index (χ0n) is 8.38. The summed E-state index contributed by atoms with van der Waals surface area (Å²) in [6.07, 6.45) is 1.02. The predicted octanol–water partition coefficient (Wildman–Crippen LogP) is 0.796. The van der Waals surface area contributed by atoms with E-state index in [1.807, 2.05) is 19.2 Å². The van der Waals surface area contributed by atoms with Gasteiger partial charge in [-0.25, -0.2) is 0 Å². The van der Waals surface area contributed by atoms with Crippen molar-refractivity contribution in [3.05, 3.63) is 23.8 Å². The summed E-state index contributed by atoms with van der Waals surface area (Å²) in [7, 11) is 1.95. The van der Waals surface area contributed by atoms with Crippen molar-refractivity contribution in [2.75, 3.05) is 20.4 Å². The van der Waals surface area contributed by atoms with Crippen LogP contribution in [0.3, 0.4) is 0 Å². The summed E-state index contributed by atoms with van der Waals surface area (Å²) in [5, 5.41) is 3.11. The molecular weight excluding hydrogens is 190 g/mol. The van der Waals surface area contributed by atoms with Crippen LogP contribution in [0, 0.1) is 0 Å². The molecule has 0 unspecified atom stereocenters. The average Bonchev–Trinajstić information content (AvgIpc) is 2.61. The van der Waals surface area contributed by atoms with Gasteiger partial charge in [-0.05, 0) is 37.7 Å². The van der Waals surface area contributed by atoms with Crippen LogP contribution >= 0.6 is 0 Å². The molecule has 1 aromatic rings. The topological polar surface area (TPSA) is 30.5 Å². The van der Waals surface area contributed by atoms with Crippen LogP contribution in [0.5, 0.6) is 11.5 Å². The van der Waals surface area contributed by atoms with E-state index in [4.69, 9.17) is 9.47 Å². The minimum Gasteiger partial charge on any atom is -0.454 e. The summed E-state index contributed by atoms with van der Waals surface area (Å²) in [5.74, 6) is 1.72. The second-order valence-corrected chi connectivity index (χ2v) is 3.04. The van der Waals surface area contributed by atoms with Crippen molar-refractivity contribution in [2.24, 2.45) is 0 Å². The molecule has 1 N–H and O–H groups in total. The van der Waals surface area contributed by atoms with Gasteiger partial charge in [0.05, 0.1) is 0 Å². The Balaban J connectivity index is 0.000000980. The van der Waals surface area contributed by atoms with E-state index in [0.717, 1.165) is 24.5 Å². The van der Waals surface area contributed by atoms with E-state index < -0.39 is 0 Å². The molecule has 0 aliphatic carbocycles. The summed E-state index contributed by atoms with van der Waals surface area (Å²) in [5.41, 5.74) is 1.28. The van der Waals surface area contributed by atoms with Crippen LogP contribution < -0.4 is 14.8 Å². The number of fused-ring (bicyclic) bond motifs is 1. The van der Waals surface area contributed by atoms with E-state index in [-0.39, 0.29) is 23.1 Å². The van der Waals surface area contributed by atoms with Gasteiger partial charge < -0.3 is 14.8 Å². The first-order valence-corrected chi connectivity index (χ1v) is 4.43. The Morgan fingerprint density at radius 1 is 1.29 bits per heavy atom. The van der Waals surface area contributed by atoms with Gasteiger partial charge in [-0.2, -0.15) is 0 Å². The van der Waals surface area contributed by atoms with E-state index in [1.165, 1.54) is 5.56 Å². The molecule has 0 fully saturated rings. The fourth-order valence-electron chi connectivity index (χ4n) is 1.37. The molecular formula is C10H13MgNO2+2. The van der Waals surface area contributed by atoms with Crippen molar-refractivity contribution >= 4 is 23.1 Å². The maximum atomic E-state index is 5.28. The fourth-order valence-corrected chi connectivity index (χ4v) is 1.37. The maximum Gasteiger partial charge on any atom is 2.00 e. The Hall–Kier alpha value is -0.454. The van der Waals surface area contributed by atoms with E-state index in [9.17, 15) is 0 Å². The maximum absolute atomic E-state index is 5.28. The Morgan fingerprint density at radius 3 is 2.86 bits per heavy atom. The zero-order valence-corrected chi connectivity index (χ0v) is 9.79. The number of rotatable bonds is 3.